The van der Waals surface area contributed by atoms with Crippen molar-refractivity contribution in [1.29, 1.82) is 0 Å². The first-order valence-corrected chi connectivity index (χ1v) is 5.78. The van der Waals surface area contributed by atoms with Gasteiger partial charge in [0, 0.05) is 6.20 Å². The molecule has 0 atom stereocenters. The molecule has 0 unspecified atom stereocenters. The Morgan fingerprint density at radius 2 is 2.00 bits per heavy atom. The summed E-state index contributed by atoms with van der Waals surface area (Å²) in [5.74, 6) is 1.86. The molecule has 19 heavy (non-hydrogen) atoms. The lowest BCUT2D eigenvalue weighted by atomic mass is 9.97. The summed E-state index contributed by atoms with van der Waals surface area (Å²) < 4.78 is 5.78. The van der Waals surface area contributed by atoms with E-state index in [2.05, 4.69) is 15.6 Å². The molecule has 92 valence electrons. The summed E-state index contributed by atoms with van der Waals surface area (Å²) in [5, 5.41) is 5.32. The molecule has 0 fully saturated rings. The normalized spacial score (nSPS) is 13.2. The average molecular weight is 251 g/mol. The molecule has 0 bridgehead atoms. The van der Waals surface area contributed by atoms with Gasteiger partial charge in [-0.3, -0.25) is 5.32 Å². The van der Waals surface area contributed by atoms with Crippen LogP contribution < -0.4 is 20.8 Å². The molecule has 6 heteroatoms. The molecule has 0 aliphatic carbocycles. The first-order valence-electron chi connectivity index (χ1n) is 5.78. The predicted molar refractivity (Wildman–Crippen MR) is 72.0 cm³/mol. The fourth-order valence-electron chi connectivity index (χ4n) is 1.83. The summed E-state index contributed by atoms with van der Waals surface area (Å²) in [6, 6.07) is 8.61. The van der Waals surface area contributed by atoms with Gasteiger partial charge >= 0.3 is 6.03 Å². The highest BCUT2D eigenvalue weighted by molar-refractivity contribution is 6.32. The number of nitrogens with one attached hydrogen (secondary N) is 2. The molecule has 2 N–H and O–H groups in total. The Hall–Kier alpha value is -2.50. The molecule has 1 aliphatic rings. The molecular formula is C13H10BN3O2. The number of benzene rings is 1. The number of pyridine rings is 1. The third-order valence-electron chi connectivity index (χ3n) is 2.78. The van der Waals surface area contributed by atoms with Crippen molar-refractivity contribution in [2.24, 2.45) is 0 Å². The van der Waals surface area contributed by atoms with E-state index < -0.39 is 0 Å². The third kappa shape index (κ3) is 2.38. The molecule has 2 radical (unpaired) electrons. The van der Waals surface area contributed by atoms with Gasteiger partial charge in [-0.15, -0.1) is 0 Å². The number of amides is 2. The summed E-state index contributed by atoms with van der Waals surface area (Å²) in [6.07, 6.45) is 1.59. The number of urea groups is 1. The van der Waals surface area contributed by atoms with Crippen molar-refractivity contribution in [3.63, 3.8) is 0 Å². The SMILES string of the molecule is [B]c1ccc(Oc2ccnc3c2CNC(=O)N3)cc1. The van der Waals surface area contributed by atoms with E-state index in [1.54, 1.807) is 36.5 Å². The minimum absolute atomic E-state index is 0.260. The predicted octanol–water partition coefficient (Wildman–Crippen LogP) is 1.30. The molecule has 3 rings (SSSR count). The fourth-order valence-corrected chi connectivity index (χ4v) is 1.83. The van der Waals surface area contributed by atoms with Crippen LogP contribution in [0, 0.1) is 0 Å². The maximum atomic E-state index is 11.2. The van der Waals surface area contributed by atoms with Gasteiger partial charge in [0.15, 0.2) is 0 Å². The van der Waals surface area contributed by atoms with Gasteiger partial charge in [-0.25, -0.2) is 9.78 Å². The number of rotatable bonds is 2. The molecule has 0 saturated heterocycles. The van der Waals surface area contributed by atoms with E-state index in [-0.39, 0.29) is 6.03 Å². The first kappa shape index (κ1) is 11.6. The van der Waals surface area contributed by atoms with Crippen LogP contribution >= 0.6 is 0 Å². The number of fused-ring (bicyclic) bond motifs is 1. The quantitative estimate of drug-likeness (QED) is 0.791. The highest BCUT2D eigenvalue weighted by Crippen LogP contribution is 2.30. The van der Waals surface area contributed by atoms with E-state index in [4.69, 9.17) is 12.6 Å². The largest absolute Gasteiger partial charge is 0.457 e. The fraction of sp³-hybridized carbons (Fsp3) is 0.0769. The van der Waals surface area contributed by atoms with Crippen LogP contribution in [-0.4, -0.2) is 18.9 Å². The van der Waals surface area contributed by atoms with Gasteiger partial charge in [-0.2, -0.15) is 0 Å². The van der Waals surface area contributed by atoms with Crippen LogP contribution in [-0.2, 0) is 6.54 Å². The zero-order chi connectivity index (χ0) is 13.2. The van der Waals surface area contributed by atoms with E-state index in [1.807, 2.05) is 0 Å². The van der Waals surface area contributed by atoms with E-state index >= 15 is 0 Å². The zero-order valence-electron chi connectivity index (χ0n) is 10.0. The standard InChI is InChI=1S/C13H10BN3O2/c14-8-1-3-9(4-2-8)19-11-5-6-15-12-10(11)7-16-13(18)17-12/h1-6H,7H2,(H2,15,16,17,18). The van der Waals surface area contributed by atoms with Crippen LogP contribution in [0.1, 0.15) is 5.56 Å². The number of nitrogens with zero attached hydrogens (tertiary/aromatic N) is 1. The number of carbonyl (C=O) groups excluding carboxylic acids is 1. The van der Waals surface area contributed by atoms with Crippen molar-refractivity contribution < 1.29 is 9.53 Å². The van der Waals surface area contributed by atoms with Crippen molar-refractivity contribution in [2.75, 3.05) is 5.32 Å². The van der Waals surface area contributed by atoms with Crippen LogP contribution in [0.5, 0.6) is 11.5 Å². The first-order chi connectivity index (χ1) is 9.22. The Balaban J connectivity index is 1.91. The Kier molecular flexibility index (Phi) is 2.83. The lowest BCUT2D eigenvalue weighted by molar-refractivity contribution is 0.250. The van der Waals surface area contributed by atoms with E-state index in [1.165, 1.54) is 0 Å². The number of hydrogen-bond donors (Lipinski definition) is 2. The summed E-state index contributed by atoms with van der Waals surface area (Å²) in [6.45, 7) is 0.388. The lowest BCUT2D eigenvalue weighted by Gasteiger charge is -2.19. The van der Waals surface area contributed by atoms with Gasteiger partial charge < -0.3 is 10.1 Å². The Morgan fingerprint density at radius 3 is 2.79 bits per heavy atom. The Morgan fingerprint density at radius 1 is 1.21 bits per heavy atom. The lowest BCUT2D eigenvalue weighted by Crippen LogP contribution is -2.34. The Labute approximate surface area is 111 Å². The topological polar surface area (TPSA) is 63.2 Å². The number of anilines is 1. The molecule has 1 aliphatic heterocycles. The van der Waals surface area contributed by atoms with Gasteiger partial charge in [-0.1, -0.05) is 17.6 Å². The van der Waals surface area contributed by atoms with Gasteiger partial charge in [0.2, 0.25) is 0 Å². The van der Waals surface area contributed by atoms with Gasteiger partial charge in [0.1, 0.15) is 25.2 Å². The van der Waals surface area contributed by atoms with Crippen LogP contribution in [0.25, 0.3) is 0 Å². The minimum Gasteiger partial charge on any atom is -0.457 e. The minimum atomic E-state index is -0.260. The molecule has 2 amide bonds. The summed E-state index contributed by atoms with van der Waals surface area (Å²) in [4.78, 5) is 15.3. The number of ether oxygens (including phenoxy) is 1. The highest BCUT2D eigenvalue weighted by Gasteiger charge is 2.19. The van der Waals surface area contributed by atoms with E-state index in [0.717, 1.165) is 5.56 Å². The monoisotopic (exact) mass is 251 g/mol. The van der Waals surface area contributed by atoms with Crippen molar-refractivity contribution in [1.82, 2.24) is 10.3 Å². The molecule has 5 nitrogen and oxygen atoms in total. The third-order valence-corrected chi connectivity index (χ3v) is 2.78. The summed E-state index contributed by atoms with van der Waals surface area (Å²) >= 11 is 0. The second-order valence-electron chi connectivity index (χ2n) is 4.12. The molecule has 0 saturated carbocycles. The Bertz CT molecular complexity index is 628. The van der Waals surface area contributed by atoms with E-state index in [0.29, 0.717) is 29.3 Å². The van der Waals surface area contributed by atoms with Crippen molar-refractivity contribution >= 4 is 25.2 Å². The molecule has 0 spiro atoms. The maximum Gasteiger partial charge on any atom is 0.320 e. The zero-order valence-corrected chi connectivity index (χ0v) is 10.0. The molecular weight excluding hydrogens is 241 g/mol. The van der Waals surface area contributed by atoms with Crippen molar-refractivity contribution in [3.05, 3.63) is 42.1 Å². The smallest absolute Gasteiger partial charge is 0.320 e. The highest BCUT2D eigenvalue weighted by atomic mass is 16.5. The molecule has 1 aromatic carbocycles. The number of carbonyl (C=O) groups is 1. The van der Waals surface area contributed by atoms with Gasteiger partial charge in [0.05, 0.1) is 12.1 Å². The maximum absolute atomic E-state index is 11.2. The van der Waals surface area contributed by atoms with Crippen LogP contribution in [0.2, 0.25) is 0 Å². The number of aromatic nitrogens is 1. The van der Waals surface area contributed by atoms with Crippen molar-refractivity contribution in [2.45, 2.75) is 6.54 Å². The average Bonchev–Trinajstić information content (AvgIpc) is 2.41. The molecule has 1 aromatic heterocycles. The second kappa shape index (κ2) is 4.64. The van der Waals surface area contributed by atoms with Crippen LogP contribution in [0.15, 0.2) is 36.5 Å². The number of hydrogen-bond acceptors (Lipinski definition) is 3. The second-order valence-corrected chi connectivity index (χ2v) is 4.12. The molecule has 2 heterocycles. The van der Waals surface area contributed by atoms with Crippen LogP contribution in [0.3, 0.4) is 0 Å². The van der Waals surface area contributed by atoms with Crippen molar-refractivity contribution in [3.8, 4) is 11.5 Å². The summed E-state index contributed by atoms with van der Waals surface area (Å²) in [5.41, 5.74) is 1.50. The summed E-state index contributed by atoms with van der Waals surface area (Å²) in [7, 11) is 5.62. The van der Waals surface area contributed by atoms with Crippen LogP contribution in [0.4, 0.5) is 10.6 Å². The van der Waals surface area contributed by atoms with E-state index in [9.17, 15) is 4.79 Å². The molecule has 2 aromatic rings. The van der Waals surface area contributed by atoms with Gasteiger partial charge in [-0.05, 0) is 18.2 Å². The van der Waals surface area contributed by atoms with Gasteiger partial charge in [0.25, 0.3) is 0 Å².